The summed E-state index contributed by atoms with van der Waals surface area (Å²) in [5, 5.41) is -0.128. The average Bonchev–Trinajstić information content (AvgIpc) is 2.97. The van der Waals surface area contributed by atoms with Crippen LogP contribution >= 0.6 is 11.6 Å². The molecule has 2 heterocycles. The molecule has 2 aliphatic carbocycles. The van der Waals surface area contributed by atoms with Crippen LogP contribution in [0.2, 0.25) is 5.28 Å². The topological polar surface area (TPSA) is 55.3 Å². The monoisotopic (exact) mass is 357 g/mol. The number of esters is 1. The van der Waals surface area contributed by atoms with Gasteiger partial charge in [-0.1, -0.05) is 0 Å². The number of hydrogen-bond donors (Lipinski definition) is 0. The Hall–Kier alpha value is -1.50. The average molecular weight is 358 g/mol. The first-order chi connectivity index (χ1) is 11.4. The van der Waals surface area contributed by atoms with E-state index in [1.165, 1.54) is 7.11 Å². The highest BCUT2D eigenvalue weighted by Crippen LogP contribution is 2.55. The van der Waals surface area contributed by atoms with Crippen molar-refractivity contribution >= 4 is 23.4 Å². The summed E-state index contributed by atoms with van der Waals surface area (Å²) in [5.74, 6) is -1.44. The van der Waals surface area contributed by atoms with Crippen LogP contribution in [-0.4, -0.2) is 36.1 Å². The molecule has 2 fully saturated rings. The van der Waals surface area contributed by atoms with Crippen LogP contribution in [0.4, 0.5) is 14.6 Å². The van der Waals surface area contributed by atoms with Crippen LogP contribution in [0.15, 0.2) is 0 Å². The van der Waals surface area contributed by atoms with Gasteiger partial charge >= 0.3 is 5.97 Å². The van der Waals surface area contributed by atoms with Crippen LogP contribution < -0.4 is 4.90 Å². The number of ether oxygens (including phenoxy) is 1. The lowest BCUT2D eigenvalue weighted by molar-refractivity contribution is -0.141. The summed E-state index contributed by atoms with van der Waals surface area (Å²) in [6, 6.07) is 0. The first-order valence-electron chi connectivity index (χ1n) is 8.17. The van der Waals surface area contributed by atoms with Crippen molar-refractivity contribution in [3.05, 3.63) is 16.5 Å². The van der Waals surface area contributed by atoms with Crippen LogP contribution in [0.25, 0.3) is 0 Å². The van der Waals surface area contributed by atoms with Gasteiger partial charge in [-0.15, -0.1) is 0 Å². The fourth-order valence-corrected chi connectivity index (χ4v) is 4.41. The van der Waals surface area contributed by atoms with Gasteiger partial charge in [0, 0.05) is 31.5 Å². The molecule has 0 aromatic carbocycles. The Labute approximate surface area is 143 Å². The Morgan fingerprint density at radius 3 is 2.75 bits per heavy atom. The molecule has 24 heavy (non-hydrogen) atoms. The van der Waals surface area contributed by atoms with Crippen molar-refractivity contribution < 1.29 is 18.3 Å². The van der Waals surface area contributed by atoms with Gasteiger partial charge in [0.05, 0.1) is 7.11 Å². The molecule has 0 bridgehead atoms. The predicted octanol–water partition coefficient (Wildman–Crippen LogP) is 2.80. The maximum Gasteiger partial charge on any atom is 0.305 e. The maximum absolute atomic E-state index is 14.2. The summed E-state index contributed by atoms with van der Waals surface area (Å²) in [7, 11) is 1.39. The largest absolute Gasteiger partial charge is 0.469 e. The number of anilines is 1. The van der Waals surface area contributed by atoms with E-state index in [2.05, 4.69) is 9.97 Å². The minimum Gasteiger partial charge on any atom is -0.469 e. The van der Waals surface area contributed by atoms with Crippen molar-refractivity contribution in [2.45, 2.75) is 31.6 Å². The number of rotatable bonds is 3. The molecule has 0 spiro atoms. The number of piperidine rings is 1. The van der Waals surface area contributed by atoms with Gasteiger partial charge in [-0.05, 0) is 42.2 Å². The second-order valence-electron chi connectivity index (χ2n) is 6.88. The third-order valence-electron chi connectivity index (χ3n) is 5.52. The van der Waals surface area contributed by atoms with Crippen molar-refractivity contribution in [1.29, 1.82) is 0 Å². The molecule has 3 aliphatic rings. The summed E-state index contributed by atoms with van der Waals surface area (Å²) in [4.78, 5) is 21.5. The summed E-state index contributed by atoms with van der Waals surface area (Å²) in [5.41, 5.74) is 0.317. The molecule has 1 aliphatic heterocycles. The molecule has 1 aromatic heterocycles. The minimum absolute atomic E-state index is 0.128. The summed E-state index contributed by atoms with van der Waals surface area (Å²) < 4.78 is 33.0. The van der Waals surface area contributed by atoms with E-state index in [4.69, 9.17) is 16.3 Å². The molecular weight excluding hydrogens is 340 g/mol. The van der Waals surface area contributed by atoms with E-state index in [1.807, 2.05) is 4.90 Å². The molecule has 2 unspecified atom stereocenters. The normalized spacial score (nSPS) is 29.8. The molecule has 0 radical (unpaired) electrons. The van der Waals surface area contributed by atoms with Gasteiger partial charge in [0.15, 0.2) is 0 Å². The predicted molar refractivity (Wildman–Crippen MR) is 83.2 cm³/mol. The fourth-order valence-electron chi connectivity index (χ4n) is 4.25. The van der Waals surface area contributed by atoms with Gasteiger partial charge in [-0.2, -0.15) is 8.78 Å². The van der Waals surface area contributed by atoms with Gasteiger partial charge in [0.2, 0.25) is 5.28 Å². The van der Waals surface area contributed by atoms with E-state index in [-0.39, 0.29) is 23.4 Å². The molecule has 130 valence electrons. The summed E-state index contributed by atoms with van der Waals surface area (Å²) >= 11 is 5.91. The van der Waals surface area contributed by atoms with E-state index >= 15 is 0 Å². The van der Waals surface area contributed by atoms with E-state index in [9.17, 15) is 13.6 Å². The van der Waals surface area contributed by atoms with Gasteiger partial charge in [0.1, 0.15) is 11.5 Å². The van der Waals surface area contributed by atoms with Crippen LogP contribution in [0, 0.1) is 17.8 Å². The van der Waals surface area contributed by atoms with Crippen molar-refractivity contribution in [2.24, 2.45) is 17.8 Å². The number of aromatic nitrogens is 2. The number of carbonyl (C=O) groups excluding carboxylic acids is 1. The SMILES string of the molecule is COC(=O)CC1C2CN(c3nc(Cl)nc4c3CCCC4(F)F)CC12. The highest BCUT2D eigenvalue weighted by molar-refractivity contribution is 6.28. The lowest BCUT2D eigenvalue weighted by atomic mass is 9.93. The van der Waals surface area contributed by atoms with E-state index in [0.29, 0.717) is 48.4 Å². The third-order valence-corrected chi connectivity index (χ3v) is 5.69. The number of hydrogen-bond acceptors (Lipinski definition) is 5. The van der Waals surface area contributed by atoms with Crippen LogP contribution in [0.1, 0.15) is 30.5 Å². The second kappa shape index (κ2) is 5.51. The Morgan fingerprint density at radius 2 is 2.08 bits per heavy atom. The fraction of sp³-hybridized carbons (Fsp3) is 0.688. The van der Waals surface area contributed by atoms with Crippen LogP contribution in [-0.2, 0) is 21.9 Å². The number of methoxy groups -OCH3 is 1. The Kier molecular flexibility index (Phi) is 3.67. The Bertz CT molecular complexity index is 688. The number of nitrogens with zero attached hydrogens (tertiary/aromatic N) is 3. The summed E-state index contributed by atoms with van der Waals surface area (Å²) in [6.45, 7) is 1.44. The molecule has 5 nitrogen and oxygen atoms in total. The zero-order valence-electron chi connectivity index (χ0n) is 13.3. The van der Waals surface area contributed by atoms with Crippen molar-refractivity contribution in [3.63, 3.8) is 0 Å². The molecule has 2 atom stereocenters. The standard InChI is InChI=1S/C16H18ClF2N3O2/c1-24-12(23)5-9-10-6-22(7-11(9)10)14-8-3-2-4-16(18,19)13(8)20-15(17)21-14/h9-11H,2-7H2,1H3. The van der Waals surface area contributed by atoms with Gasteiger partial charge in [-0.3, -0.25) is 4.79 Å². The van der Waals surface area contributed by atoms with Crippen LogP contribution in [0.3, 0.4) is 0 Å². The lowest BCUT2D eigenvalue weighted by Gasteiger charge is -2.29. The molecule has 0 N–H and O–H groups in total. The Morgan fingerprint density at radius 1 is 1.38 bits per heavy atom. The van der Waals surface area contributed by atoms with E-state index in [1.54, 1.807) is 0 Å². The quantitative estimate of drug-likeness (QED) is 0.615. The van der Waals surface area contributed by atoms with E-state index < -0.39 is 5.92 Å². The summed E-state index contributed by atoms with van der Waals surface area (Å²) in [6.07, 6.45) is 1.21. The smallest absolute Gasteiger partial charge is 0.305 e. The molecule has 1 saturated carbocycles. The zero-order chi connectivity index (χ0) is 17.1. The number of carbonyl (C=O) groups is 1. The third kappa shape index (κ3) is 2.53. The molecule has 0 amide bonds. The van der Waals surface area contributed by atoms with Gasteiger partial charge in [-0.25, -0.2) is 9.97 Å². The van der Waals surface area contributed by atoms with E-state index in [0.717, 1.165) is 13.1 Å². The highest BCUT2D eigenvalue weighted by atomic mass is 35.5. The number of halogens is 3. The van der Waals surface area contributed by atoms with Gasteiger partial charge < -0.3 is 9.64 Å². The Balaban J connectivity index is 1.55. The number of fused-ring (bicyclic) bond motifs is 2. The molecule has 4 rings (SSSR count). The van der Waals surface area contributed by atoms with Crippen molar-refractivity contribution in [2.75, 3.05) is 25.1 Å². The molecule has 1 saturated heterocycles. The molecule has 8 heteroatoms. The maximum atomic E-state index is 14.2. The second-order valence-corrected chi connectivity index (χ2v) is 7.22. The zero-order valence-corrected chi connectivity index (χ0v) is 14.0. The van der Waals surface area contributed by atoms with Gasteiger partial charge in [0.25, 0.3) is 5.92 Å². The van der Waals surface area contributed by atoms with Crippen LogP contribution in [0.5, 0.6) is 0 Å². The first kappa shape index (κ1) is 16.0. The van der Waals surface area contributed by atoms with Crippen molar-refractivity contribution in [1.82, 2.24) is 9.97 Å². The lowest BCUT2D eigenvalue weighted by Crippen LogP contribution is -2.31. The highest BCUT2D eigenvalue weighted by Gasteiger charge is 2.57. The minimum atomic E-state index is -2.94. The van der Waals surface area contributed by atoms with Crippen molar-refractivity contribution in [3.8, 4) is 0 Å². The molecular formula is C16H18ClF2N3O2. The first-order valence-corrected chi connectivity index (χ1v) is 8.55. The number of alkyl halides is 2. The molecule has 1 aromatic rings.